The Bertz CT molecular complexity index is 1150. The summed E-state index contributed by atoms with van der Waals surface area (Å²) in [6.07, 6.45) is 1.42. The Morgan fingerprint density at radius 1 is 1.26 bits per heavy atom. The highest BCUT2D eigenvalue weighted by atomic mass is 35.5. The fourth-order valence-electron chi connectivity index (χ4n) is 3.99. The second-order valence-electron chi connectivity index (χ2n) is 7.65. The van der Waals surface area contributed by atoms with Crippen LogP contribution in [0.1, 0.15) is 34.5 Å². The molecule has 31 heavy (non-hydrogen) atoms. The number of hydrogen-bond acceptors (Lipinski definition) is 7. The number of fused-ring (bicyclic) bond motifs is 1. The largest absolute Gasteiger partial charge is 0.495 e. The van der Waals surface area contributed by atoms with Crippen LogP contribution in [0.3, 0.4) is 0 Å². The van der Waals surface area contributed by atoms with Gasteiger partial charge in [-0.3, -0.25) is 4.79 Å². The van der Waals surface area contributed by atoms with E-state index in [1.54, 1.807) is 19.2 Å². The zero-order chi connectivity index (χ0) is 22.1. The normalized spacial score (nSPS) is 14.7. The van der Waals surface area contributed by atoms with Gasteiger partial charge < -0.3 is 26.2 Å². The van der Waals surface area contributed by atoms with Gasteiger partial charge in [0.05, 0.1) is 35.2 Å². The number of anilines is 2. The molecule has 1 fully saturated rings. The van der Waals surface area contributed by atoms with E-state index in [0.717, 1.165) is 10.9 Å². The molecule has 1 aliphatic heterocycles. The third-order valence-electron chi connectivity index (χ3n) is 5.66. The molecule has 0 unspecified atom stereocenters. The number of carbonyl (C=O) groups excluding carboxylic acids is 1. The lowest BCUT2D eigenvalue weighted by Gasteiger charge is -2.31. The Balaban J connectivity index is 1.83. The van der Waals surface area contributed by atoms with Gasteiger partial charge in [0.2, 0.25) is 0 Å². The molecule has 1 aromatic heterocycles. The molecular formula is C22H24ClN5O3. The molecule has 2 heterocycles. The number of halogens is 1. The molecule has 162 valence electrons. The molecule has 5 N–H and O–H groups in total. The number of piperidine rings is 1. The number of carbonyl (C=O) groups is 1. The van der Waals surface area contributed by atoms with Crippen molar-refractivity contribution in [1.29, 1.82) is 0 Å². The predicted octanol–water partition coefficient (Wildman–Crippen LogP) is 2.52. The summed E-state index contributed by atoms with van der Waals surface area (Å²) >= 11 is 6.28. The topological polar surface area (TPSA) is 128 Å². The van der Waals surface area contributed by atoms with E-state index >= 15 is 0 Å². The van der Waals surface area contributed by atoms with E-state index in [-0.39, 0.29) is 17.4 Å². The maximum atomic E-state index is 11.9. The van der Waals surface area contributed by atoms with Crippen LogP contribution in [0.4, 0.5) is 11.5 Å². The number of ether oxygens (including phenoxy) is 1. The maximum absolute atomic E-state index is 11.9. The number of nitrogens with zero attached hydrogens (tertiary/aromatic N) is 3. The average molecular weight is 442 g/mol. The highest BCUT2D eigenvalue weighted by molar-refractivity contribution is 6.32. The van der Waals surface area contributed by atoms with Crippen molar-refractivity contribution in [2.45, 2.75) is 25.4 Å². The van der Waals surface area contributed by atoms with E-state index in [2.05, 4.69) is 15.1 Å². The Hall–Kier alpha value is -3.10. The van der Waals surface area contributed by atoms with Gasteiger partial charge in [0.15, 0.2) is 5.82 Å². The van der Waals surface area contributed by atoms with Crippen LogP contribution in [-0.2, 0) is 6.42 Å². The molecule has 2 aromatic carbocycles. The van der Waals surface area contributed by atoms with Crippen LogP contribution >= 0.6 is 11.6 Å². The van der Waals surface area contributed by atoms with Crippen molar-refractivity contribution < 1.29 is 14.6 Å². The summed E-state index contributed by atoms with van der Waals surface area (Å²) in [7, 11) is 1.56. The van der Waals surface area contributed by atoms with Crippen molar-refractivity contribution in [2.24, 2.45) is 5.73 Å². The number of primary amides is 1. The van der Waals surface area contributed by atoms with Gasteiger partial charge in [-0.1, -0.05) is 17.7 Å². The first-order valence-corrected chi connectivity index (χ1v) is 10.4. The van der Waals surface area contributed by atoms with Crippen molar-refractivity contribution in [3.63, 3.8) is 0 Å². The van der Waals surface area contributed by atoms with Gasteiger partial charge in [0.25, 0.3) is 5.91 Å². The molecule has 0 spiro atoms. The maximum Gasteiger partial charge on any atom is 0.250 e. The summed E-state index contributed by atoms with van der Waals surface area (Å²) in [5.74, 6) is 0.665. The molecular weight excluding hydrogens is 418 g/mol. The molecule has 9 heteroatoms. The molecule has 0 aliphatic carbocycles. The molecule has 3 aromatic rings. The quantitative estimate of drug-likeness (QED) is 0.519. The third-order valence-corrected chi connectivity index (χ3v) is 5.95. The molecule has 0 atom stereocenters. The number of methoxy groups -OCH3 is 1. The minimum atomic E-state index is -0.600. The second-order valence-corrected chi connectivity index (χ2v) is 8.06. The van der Waals surface area contributed by atoms with Crippen LogP contribution in [0.5, 0.6) is 5.75 Å². The Kier molecular flexibility index (Phi) is 5.84. The number of nitrogen functional groups attached to an aromatic ring is 1. The molecule has 1 amide bonds. The Morgan fingerprint density at radius 3 is 2.65 bits per heavy atom. The monoisotopic (exact) mass is 441 g/mol. The number of rotatable bonds is 5. The van der Waals surface area contributed by atoms with E-state index in [4.69, 9.17) is 27.8 Å². The molecule has 4 rings (SSSR count). The standard InChI is InChI=1S/C22H24ClN5O3/c1-31-18-5-2-12(10-16(18)23)11-17-19-14(3-4-15(20(19)24)21(25)30)22(27-26-17)28-8-6-13(29)7-9-28/h2-5,10,13,29H,6-9,11,24H2,1H3,(H2,25,30). The summed E-state index contributed by atoms with van der Waals surface area (Å²) in [5, 5.41) is 20.7. The molecule has 1 saturated heterocycles. The van der Waals surface area contributed by atoms with Gasteiger partial charge in [-0.25, -0.2) is 0 Å². The van der Waals surface area contributed by atoms with Gasteiger partial charge in [-0.15, -0.1) is 5.10 Å². The van der Waals surface area contributed by atoms with E-state index in [0.29, 0.717) is 60.0 Å². The zero-order valence-corrected chi connectivity index (χ0v) is 17.9. The van der Waals surface area contributed by atoms with Crippen molar-refractivity contribution in [3.05, 3.63) is 52.2 Å². The number of aromatic nitrogens is 2. The molecule has 0 bridgehead atoms. The van der Waals surface area contributed by atoms with Crippen molar-refractivity contribution >= 4 is 39.8 Å². The third kappa shape index (κ3) is 4.08. The predicted molar refractivity (Wildman–Crippen MR) is 121 cm³/mol. The summed E-state index contributed by atoms with van der Waals surface area (Å²) in [6, 6.07) is 8.93. The summed E-state index contributed by atoms with van der Waals surface area (Å²) in [5.41, 5.74) is 14.0. The number of benzene rings is 2. The van der Waals surface area contributed by atoms with E-state index in [1.165, 1.54) is 0 Å². The first-order chi connectivity index (χ1) is 14.9. The number of amides is 1. The molecule has 0 saturated carbocycles. The minimum Gasteiger partial charge on any atom is -0.495 e. The number of aliphatic hydroxyl groups is 1. The number of nitrogens with two attached hydrogens (primary N) is 2. The zero-order valence-electron chi connectivity index (χ0n) is 17.1. The fourth-order valence-corrected chi connectivity index (χ4v) is 4.27. The summed E-state index contributed by atoms with van der Waals surface area (Å²) < 4.78 is 5.22. The lowest BCUT2D eigenvalue weighted by atomic mass is 9.98. The first kappa shape index (κ1) is 21.1. The lowest BCUT2D eigenvalue weighted by Crippen LogP contribution is -2.36. The lowest BCUT2D eigenvalue weighted by molar-refractivity contribution is 0.100. The van der Waals surface area contributed by atoms with Gasteiger partial charge in [0, 0.05) is 30.3 Å². The van der Waals surface area contributed by atoms with Crippen molar-refractivity contribution in [1.82, 2.24) is 10.2 Å². The highest BCUT2D eigenvalue weighted by Crippen LogP contribution is 2.35. The van der Waals surface area contributed by atoms with Crippen molar-refractivity contribution in [2.75, 3.05) is 30.8 Å². The fraction of sp³-hybridized carbons (Fsp3) is 0.318. The minimum absolute atomic E-state index is 0.245. The molecule has 0 radical (unpaired) electrons. The summed E-state index contributed by atoms with van der Waals surface area (Å²) in [4.78, 5) is 14.0. The van der Waals surface area contributed by atoms with Gasteiger partial charge in [0.1, 0.15) is 5.75 Å². The number of hydrogen-bond donors (Lipinski definition) is 3. The van der Waals surface area contributed by atoms with Crippen LogP contribution in [0.2, 0.25) is 5.02 Å². The van der Waals surface area contributed by atoms with Gasteiger partial charge >= 0.3 is 0 Å². The summed E-state index contributed by atoms with van der Waals surface area (Å²) in [6.45, 7) is 1.33. The smallest absolute Gasteiger partial charge is 0.250 e. The van der Waals surface area contributed by atoms with Gasteiger partial charge in [-0.05, 0) is 42.7 Å². The van der Waals surface area contributed by atoms with E-state index < -0.39 is 5.91 Å². The molecule has 8 nitrogen and oxygen atoms in total. The first-order valence-electron chi connectivity index (χ1n) is 10.0. The van der Waals surface area contributed by atoms with Gasteiger partial charge in [-0.2, -0.15) is 5.10 Å². The molecule has 1 aliphatic rings. The Morgan fingerprint density at radius 2 is 2.00 bits per heavy atom. The van der Waals surface area contributed by atoms with Crippen LogP contribution < -0.4 is 21.1 Å². The highest BCUT2D eigenvalue weighted by Gasteiger charge is 2.23. The Labute approximate surface area is 184 Å². The van der Waals surface area contributed by atoms with E-state index in [1.807, 2.05) is 18.2 Å². The van der Waals surface area contributed by atoms with Crippen LogP contribution in [0.15, 0.2) is 30.3 Å². The van der Waals surface area contributed by atoms with Crippen LogP contribution in [0, 0.1) is 0 Å². The number of aliphatic hydroxyl groups excluding tert-OH is 1. The second kappa shape index (κ2) is 8.56. The van der Waals surface area contributed by atoms with Crippen molar-refractivity contribution in [3.8, 4) is 5.75 Å². The average Bonchev–Trinajstić information content (AvgIpc) is 2.74. The van der Waals surface area contributed by atoms with Crippen LogP contribution in [-0.4, -0.2) is 47.5 Å². The van der Waals surface area contributed by atoms with Crippen LogP contribution in [0.25, 0.3) is 10.8 Å². The van der Waals surface area contributed by atoms with E-state index in [9.17, 15) is 9.90 Å². The SMILES string of the molecule is COc1ccc(Cc2nnc(N3CCC(O)CC3)c3ccc(C(N)=O)c(N)c23)cc1Cl.